The Bertz CT molecular complexity index is 298. The molecule has 1 saturated carbocycles. The Hall–Kier alpha value is -0.930. The lowest BCUT2D eigenvalue weighted by molar-refractivity contribution is -0.107. The van der Waals surface area contributed by atoms with Gasteiger partial charge in [-0.15, -0.1) is 0 Å². The van der Waals surface area contributed by atoms with Crippen LogP contribution < -0.4 is 0 Å². The zero-order valence-corrected chi connectivity index (χ0v) is 7.50. The highest BCUT2D eigenvalue weighted by Gasteiger charge is 2.46. The van der Waals surface area contributed by atoms with Crippen molar-refractivity contribution >= 4 is 0 Å². The van der Waals surface area contributed by atoms with E-state index in [9.17, 15) is 8.78 Å². The van der Waals surface area contributed by atoms with E-state index in [-0.39, 0.29) is 18.9 Å². The molecule has 0 unspecified atom stereocenters. The minimum Gasteiger partial charge on any atom is -0.269 e. The second kappa shape index (κ2) is 2.79. The third-order valence-corrected chi connectivity index (χ3v) is 2.47. The number of halogens is 2. The maximum Gasteiger partial charge on any atom is 0.252 e. The molecule has 1 aliphatic carbocycles. The number of nitrogens with zero attached hydrogens (tertiary/aromatic N) is 2. The average molecular weight is 186 g/mol. The van der Waals surface area contributed by atoms with Crippen LogP contribution in [0.5, 0.6) is 0 Å². The fraction of sp³-hybridized carbons (Fsp3) is 0.667. The van der Waals surface area contributed by atoms with Gasteiger partial charge in [-0.3, -0.25) is 4.68 Å². The van der Waals surface area contributed by atoms with E-state index >= 15 is 0 Å². The van der Waals surface area contributed by atoms with Gasteiger partial charge in [-0.2, -0.15) is 5.10 Å². The first-order chi connectivity index (χ1) is 6.11. The van der Waals surface area contributed by atoms with Crippen molar-refractivity contribution in [2.45, 2.75) is 38.2 Å². The number of rotatable bonds is 2. The molecule has 13 heavy (non-hydrogen) atoms. The molecular weight excluding hydrogens is 174 g/mol. The molecule has 72 valence electrons. The Morgan fingerprint density at radius 2 is 2.31 bits per heavy atom. The SMILES string of the molecule is CCc1ccn(C2CC(F)(F)C2)n1. The predicted octanol–water partition coefficient (Wildman–Crippen LogP) is 2.42. The maximum absolute atomic E-state index is 12.5. The number of hydrogen-bond donors (Lipinski definition) is 0. The van der Waals surface area contributed by atoms with Crippen molar-refractivity contribution in [3.63, 3.8) is 0 Å². The van der Waals surface area contributed by atoms with Gasteiger partial charge in [0.2, 0.25) is 0 Å². The van der Waals surface area contributed by atoms with Crippen molar-refractivity contribution in [3.05, 3.63) is 18.0 Å². The number of aromatic nitrogens is 2. The highest BCUT2D eigenvalue weighted by molar-refractivity contribution is 5.01. The number of alkyl halides is 2. The van der Waals surface area contributed by atoms with Crippen molar-refractivity contribution in [1.29, 1.82) is 0 Å². The summed E-state index contributed by atoms with van der Waals surface area (Å²) in [6, 6.07) is 1.80. The highest BCUT2D eigenvalue weighted by atomic mass is 19.3. The van der Waals surface area contributed by atoms with Crippen molar-refractivity contribution < 1.29 is 8.78 Å². The van der Waals surface area contributed by atoms with Crippen LogP contribution in [0.3, 0.4) is 0 Å². The Morgan fingerprint density at radius 3 is 2.77 bits per heavy atom. The quantitative estimate of drug-likeness (QED) is 0.693. The molecule has 2 rings (SSSR count). The Balaban J connectivity index is 2.03. The zero-order chi connectivity index (χ0) is 9.47. The minimum absolute atomic E-state index is 0.0577. The topological polar surface area (TPSA) is 17.8 Å². The molecule has 0 bridgehead atoms. The molecule has 0 aromatic carbocycles. The van der Waals surface area contributed by atoms with Gasteiger partial charge >= 0.3 is 0 Å². The van der Waals surface area contributed by atoms with Crippen molar-refractivity contribution in [3.8, 4) is 0 Å². The van der Waals surface area contributed by atoms with Gasteiger partial charge in [-0.05, 0) is 12.5 Å². The van der Waals surface area contributed by atoms with Gasteiger partial charge in [-0.25, -0.2) is 8.78 Å². The normalized spacial score (nSPS) is 21.5. The largest absolute Gasteiger partial charge is 0.269 e. The summed E-state index contributed by atoms with van der Waals surface area (Å²) in [4.78, 5) is 0. The zero-order valence-electron chi connectivity index (χ0n) is 7.50. The van der Waals surface area contributed by atoms with Crippen LogP contribution in [0.2, 0.25) is 0 Å². The van der Waals surface area contributed by atoms with Gasteiger partial charge < -0.3 is 0 Å². The molecule has 1 heterocycles. The number of aryl methyl sites for hydroxylation is 1. The van der Waals surface area contributed by atoms with Gasteiger partial charge in [0.1, 0.15) is 0 Å². The summed E-state index contributed by atoms with van der Waals surface area (Å²) in [5, 5.41) is 4.20. The lowest BCUT2D eigenvalue weighted by Gasteiger charge is -2.34. The molecule has 0 amide bonds. The molecule has 1 aliphatic rings. The monoisotopic (exact) mass is 186 g/mol. The summed E-state index contributed by atoms with van der Waals surface area (Å²) in [7, 11) is 0. The summed E-state index contributed by atoms with van der Waals surface area (Å²) in [5.41, 5.74) is 0.968. The standard InChI is InChI=1S/C9H12F2N2/c1-2-7-3-4-13(12-7)8-5-9(10,11)6-8/h3-4,8H,2,5-6H2,1H3. The molecule has 0 N–H and O–H groups in total. The highest BCUT2D eigenvalue weighted by Crippen LogP contribution is 2.44. The fourth-order valence-electron chi connectivity index (χ4n) is 1.59. The molecule has 1 aromatic rings. The Morgan fingerprint density at radius 1 is 1.62 bits per heavy atom. The molecular formula is C9H12F2N2. The molecule has 1 fully saturated rings. The second-order valence-electron chi connectivity index (χ2n) is 3.56. The summed E-state index contributed by atoms with van der Waals surface area (Å²) >= 11 is 0. The van der Waals surface area contributed by atoms with Crippen LogP contribution in [0.15, 0.2) is 12.3 Å². The molecule has 0 saturated heterocycles. The van der Waals surface area contributed by atoms with Crippen LogP contribution in [0.1, 0.15) is 31.5 Å². The first-order valence-electron chi connectivity index (χ1n) is 4.52. The molecule has 2 nitrogen and oxygen atoms in total. The Kier molecular flexibility index (Phi) is 1.86. The van der Waals surface area contributed by atoms with Gasteiger partial charge in [-0.1, -0.05) is 6.92 Å². The lowest BCUT2D eigenvalue weighted by Crippen LogP contribution is -2.37. The second-order valence-corrected chi connectivity index (χ2v) is 3.56. The smallest absolute Gasteiger partial charge is 0.252 e. The molecule has 0 radical (unpaired) electrons. The summed E-state index contributed by atoms with van der Waals surface area (Å²) in [6.07, 6.45) is 2.53. The fourth-order valence-corrected chi connectivity index (χ4v) is 1.59. The minimum atomic E-state index is -2.46. The van der Waals surface area contributed by atoms with Gasteiger partial charge in [0, 0.05) is 19.0 Å². The first-order valence-corrected chi connectivity index (χ1v) is 4.52. The summed E-state index contributed by atoms with van der Waals surface area (Å²) < 4.78 is 26.7. The third kappa shape index (κ3) is 1.57. The summed E-state index contributed by atoms with van der Waals surface area (Å²) in [5.74, 6) is -2.46. The van der Waals surface area contributed by atoms with Crippen molar-refractivity contribution in [1.82, 2.24) is 9.78 Å². The van der Waals surface area contributed by atoms with E-state index in [2.05, 4.69) is 5.10 Å². The lowest BCUT2D eigenvalue weighted by atomic mass is 9.88. The van der Waals surface area contributed by atoms with Crippen molar-refractivity contribution in [2.24, 2.45) is 0 Å². The molecule has 0 spiro atoms. The van der Waals surface area contributed by atoms with Crippen LogP contribution in [0.25, 0.3) is 0 Å². The molecule has 0 aliphatic heterocycles. The van der Waals surface area contributed by atoms with E-state index in [1.54, 1.807) is 10.9 Å². The van der Waals surface area contributed by atoms with E-state index in [0.717, 1.165) is 12.1 Å². The van der Waals surface area contributed by atoms with E-state index < -0.39 is 5.92 Å². The molecule has 0 atom stereocenters. The van der Waals surface area contributed by atoms with Crippen molar-refractivity contribution in [2.75, 3.05) is 0 Å². The van der Waals surface area contributed by atoms with Crippen LogP contribution >= 0.6 is 0 Å². The van der Waals surface area contributed by atoms with Gasteiger partial charge in [0.25, 0.3) is 5.92 Å². The first kappa shape index (κ1) is 8.66. The molecule has 4 heteroatoms. The van der Waals surface area contributed by atoms with E-state index in [4.69, 9.17) is 0 Å². The predicted molar refractivity (Wildman–Crippen MR) is 44.8 cm³/mol. The van der Waals surface area contributed by atoms with E-state index in [0.29, 0.717) is 0 Å². The van der Waals surface area contributed by atoms with Crippen LogP contribution in [0, 0.1) is 0 Å². The van der Waals surface area contributed by atoms with E-state index in [1.807, 2.05) is 13.0 Å². The van der Waals surface area contributed by atoms with Gasteiger partial charge in [0.05, 0.1) is 11.7 Å². The van der Waals surface area contributed by atoms with Gasteiger partial charge in [0.15, 0.2) is 0 Å². The maximum atomic E-state index is 12.5. The Labute approximate surface area is 75.6 Å². The summed E-state index contributed by atoms with van der Waals surface area (Å²) in [6.45, 7) is 2.00. The molecule has 1 aromatic heterocycles. The average Bonchev–Trinajstić information content (AvgIpc) is 2.47. The van der Waals surface area contributed by atoms with Crippen LogP contribution in [-0.4, -0.2) is 15.7 Å². The van der Waals surface area contributed by atoms with Crippen LogP contribution in [0.4, 0.5) is 8.78 Å². The van der Waals surface area contributed by atoms with Crippen LogP contribution in [-0.2, 0) is 6.42 Å². The number of hydrogen-bond acceptors (Lipinski definition) is 1. The third-order valence-electron chi connectivity index (χ3n) is 2.47. The van der Waals surface area contributed by atoms with E-state index in [1.165, 1.54) is 0 Å².